The monoisotopic (exact) mass is 470 g/mol. The second kappa shape index (κ2) is 10.4. The van der Waals surface area contributed by atoms with Crippen molar-refractivity contribution in [3.8, 4) is 17.0 Å². The van der Waals surface area contributed by atoms with E-state index in [0.29, 0.717) is 17.7 Å². The van der Waals surface area contributed by atoms with E-state index in [-0.39, 0.29) is 35.1 Å². The van der Waals surface area contributed by atoms with Gasteiger partial charge in [-0.25, -0.2) is 18.4 Å². The third-order valence-corrected chi connectivity index (χ3v) is 6.17. The van der Waals surface area contributed by atoms with Gasteiger partial charge in [0, 0.05) is 24.9 Å². The van der Waals surface area contributed by atoms with Crippen LogP contribution in [0.2, 0.25) is 0 Å². The van der Waals surface area contributed by atoms with E-state index >= 15 is 0 Å². The van der Waals surface area contributed by atoms with Gasteiger partial charge in [0.05, 0.1) is 25.6 Å². The summed E-state index contributed by atoms with van der Waals surface area (Å²) in [4.78, 5) is 23.4. The summed E-state index contributed by atoms with van der Waals surface area (Å²) >= 11 is 0. The first-order valence-corrected chi connectivity index (χ1v) is 11.8. The van der Waals surface area contributed by atoms with Crippen molar-refractivity contribution < 1.29 is 22.7 Å². The van der Waals surface area contributed by atoms with Crippen LogP contribution in [0.25, 0.3) is 11.1 Å². The van der Waals surface area contributed by atoms with Gasteiger partial charge in [-0.1, -0.05) is 31.2 Å². The molecular weight excluding hydrogens is 444 g/mol. The van der Waals surface area contributed by atoms with Crippen molar-refractivity contribution in [3.63, 3.8) is 0 Å². The Morgan fingerprint density at radius 3 is 2.64 bits per heavy atom. The molecule has 10 heteroatoms. The first-order valence-electron chi connectivity index (χ1n) is 10.3. The Balaban J connectivity index is 1.98. The van der Waals surface area contributed by atoms with Crippen LogP contribution in [0, 0.1) is 12.8 Å². The molecule has 2 aromatic heterocycles. The summed E-state index contributed by atoms with van der Waals surface area (Å²) in [6.45, 7) is 5.34. The van der Waals surface area contributed by atoms with Crippen molar-refractivity contribution in [2.24, 2.45) is 5.92 Å². The number of pyridine rings is 1. The second-order valence-corrected chi connectivity index (χ2v) is 9.27. The number of rotatable bonds is 9. The van der Waals surface area contributed by atoms with Crippen molar-refractivity contribution in [3.05, 3.63) is 60.2 Å². The Morgan fingerprint density at radius 1 is 1.15 bits per heavy atom. The lowest BCUT2D eigenvalue weighted by atomic mass is 9.94. The molecule has 1 unspecified atom stereocenters. The lowest BCUT2D eigenvalue weighted by molar-refractivity contribution is -0.142. The van der Waals surface area contributed by atoms with E-state index in [1.54, 1.807) is 19.2 Å². The molecule has 9 nitrogen and oxygen atoms in total. The van der Waals surface area contributed by atoms with E-state index in [4.69, 9.17) is 9.47 Å². The lowest BCUT2D eigenvalue weighted by Crippen LogP contribution is -2.17. The van der Waals surface area contributed by atoms with Gasteiger partial charge in [0.1, 0.15) is 4.90 Å². The third kappa shape index (κ3) is 6.04. The summed E-state index contributed by atoms with van der Waals surface area (Å²) in [6, 6.07) is 9.17. The molecule has 1 N–H and O–H groups in total. The van der Waals surface area contributed by atoms with E-state index in [0.717, 1.165) is 11.1 Å². The van der Waals surface area contributed by atoms with E-state index in [2.05, 4.69) is 19.7 Å². The van der Waals surface area contributed by atoms with Gasteiger partial charge in [-0.15, -0.1) is 0 Å². The summed E-state index contributed by atoms with van der Waals surface area (Å²) in [6.07, 6.45) is 4.88. The normalized spacial score (nSPS) is 12.1. The smallest absolute Gasteiger partial charge is 0.302 e. The van der Waals surface area contributed by atoms with Gasteiger partial charge in [0.2, 0.25) is 5.82 Å². The van der Waals surface area contributed by atoms with Crippen LogP contribution in [0.4, 0.5) is 5.82 Å². The maximum Gasteiger partial charge on any atom is 0.302 e. The molecule has 2 heterocycles. The van der Waals surface area contributed by atoms with Crippen molar-refractivity contribution in [1.29, 1.82) is 0 Å². The topological polar surface area (TPSA) is 120 Å². The molecule has 3 rings (SSSR count). The second-order valence-electron chi connectivity index (χ2n) is 7.62. The molecule has 3 aromatic rings. The van der Waals surface area contributed by atoms with Crippen LogP contribution in [0.3, 0.4) is 0 Å². The highest BCUT2D eigenvalue weighted by molar-refractivity contribution is 7.92. The Hall–Kier alpha value is -3.53. The molecule has 0 aliphatic carbocycles. The number of sulfonamides is 1. The van der Waals surface area contributed by atoms with Gasteiger partial charge < -0.3 is 9.47 Å². The molecule has 0 aliphatic rings. The molecule has 0 bridgehead atoms. The van der Waals surface area contributed by atoms with Crippen molar-refractivity contribution in [2.75, 3.05) is 18.4 Å². The van der Waals surface area contributed by atoms with Gasteiger partial charge in [0.25, 0.3) is 15.9 Å². The highest BCUT2D eigenvalue weighted by Crippen LogP contribution is 2.32. The molecule has 1 atom stereocenters. The predicted molar refractivity (Wildman–Crippen MR) is 123 cm³/mol. The maximum absolute atomic E-state index is 13.3. The Kier molecular flexibility index (Phi) is 7.59. The minimum atomic E-state index is -4.07. The van der Waals surface area contributed by atoms with Crippen molar-refractivity contribution >= 4 is 21.8 Å². The number of nitrogens with zero attached hydrogens (tertiary/aromatic N) is 3. The van der Waals surface area contributed by atoms with Crippen LogP contribution < -0.4 is 9.46 Å². The number of benzene rings is 1. The Bertz CT molecular complexity index is 1250. The van der Waals surface area contributed by atoms with E-state index in [1.807, 2.05) is 31.2 Å². The average molecular weight is 471 g/mol. The van der Waals surface area contributed by atoms with E-state index in [9.17, 15) is 13.2 Å². The number of carbonyl (C=O) groups excluding carboxylic acids is 1. The van der Waals surface area contributed by atoms with Crippen LogP contribution in [0.5, 0.6) is 5.88 Å². The van der Waals surface area contributed by atoms with E-state index < -0.39 is 10.0 Å². The maximum atomic E-state index is 13.3. The number of aromatic nitrogens is 3. The largest absolute Gasteiger partial charge is 0.478 e. The number of esters is 1. The number of hydrogen-bond donors (Lipinski definition) is 1. The molecule has 0 aliphatic heterocycles. The highest BCUT2D eigenvalue weighted by atomic mass is 32.2. The Labute approximate surface area is 193 Å². The number of nitrogens with one attached hydrogen (secondary N) is 1. The van der Waals surface area contributed by atoms with Gasteiger partial charge in [-0.2, -0.15) is 0 Å². The zero-order chi connectivity index (χ0) is 24.0. The van der Waals surface area contributed by atoms with Gasteiger partial charge in [-0.3, -0.25) is 14.5 Å². The van der Waals surface area contributed by atoms with Gasteiger partial charge >= 0.3 is 5.97 Å². The Morgan fingerprint density at radius 2 is 1.91 bits per heavy atom. The predicted octanol–water partition coefficient (Wildman–Crippen LogP) is 3.40. The zero-order valence-electron chi connectivity index (χ0n) is 18.9. The van der Waals surface area contributed by atoms with E-state index in [1.165, 1.54) is 26.4 Å². The quantitative estimate of drug-likeness (QED) is 0.473. The number of ether oxygens (including phenoxy) is 2. The number of hydrogen-bond acceptors (Lipinski definition) is 8. The summed E-state index contributed by atoms with van der Waals surface area (Å²) in [5, 5.41) is 0. The summed E-state index contributed by atoms with van der Waals surface area (Å²) in [7, 11) is -2.68. The average Bonchev–Trinajstić information content (AvgIpc) is 2.79. The van der Waals surface area contributed by atoms with Crippen LogP contribution in [0.1, 0.15) is 25.1 Å². The number of aryl methyl sites for hydroxylation is 1. The third-order valence-electron chi connectivity index (χ3n) is 4.81. The minimum Gasteiger partial charge on any atom is -0.478 e. The standard InChI is InChI=1S/C23H26N4O5S/c1-15(14-32-17(3)28)11-18-7-5-6-8-19(18)20-9-10-24-13-21(20)33(29,30)27-22-23(31-4)26-16(2)12-25-22/h5-10,12-13,15H,11,14H2,1-4H3,(H,25,27). The summed E-state index contributed by atoms with van der Waals surface area (Å²) in [5.74, 6) is -0.231. The molecule has 174 valence electrons. The molecule has 33 heavy (non-hydrogen) atoms. The number of methoxy groups -OCH3 is 1. The van der Waals surface area contributed by atoms with Crippen molar-refractivity contribution in [1.82, 2.24) is 15.0 Å². The first kappa shape index (κ1) is 24.1. The molecule has 0 fully saturated rings. The van der Waals surface area contributed by atoms with Gasteiger partial charge in [0.15, 0.2) is 0 Å². The van der Waals surface area contributed by atoms with Crippen molar-refractivity contribution in [2.45, 2.75) is 32.1 Å². The molecule has 0 radical (unpaired) electrons. The molecule has 0 saturated carbocycles. The first-order chi connectivity index (χ1) is 15.7. The van der Waals surface area contributed by atoms with Crippen LogP contribution in [-0.2, 0) is 26.0 Å². The minimum absolute atomic E-state index is 0.00508. The molecule has 0 amide bonds. The fourth-order valence-electron chi connectivity index (χ4n) is 3.32. The van der Waals surface area contributed by atoms with Crippen LogP contribution >= 0.6 is 0 Å². The highest BCUT2D eigenvalue weighted by Gasteiger charge is 2.24. The summed E-state index contributed by atoms with van der Waals surface area (Å²) < 4.78 is 39.4. The lowest BCUT2D eigenvalue weighted by Gasteiger charge is -2.17. The number of anilines is 1. The molecule has 0 saturated heterocycles. The molecule has 1 aromatic carbocycles. The van der Waals surface area contributed by atoms with Gasteiger partial charge in [-0.05, 0) is 36.5 Å². The number of carbonyl (C=O) groups is 1. The molecular formula is C23H26N4O5S. The fourth-order valence-corrected chi connectivity index (χ4v) is 4.49. The summed E-state index contributed by atoms with van der Waals surface area (Å²) in [5.41, 5.74) is 2.75. The van der Waals surface area contributed by atoms with Crippen LogP contribution in [0.15, 0.2) is 53.8 Å². The van der Waals surface area contributed by atoms with Crippen LogP contribution in [-0.4, -0.2) is 43.1 Å². The fraction of sp³-hybridized carbons (Fsp3) is 0.304. The SMILES string of the molecule is COc1nc(C)cnc1NS(=O)(=O)c1cnccc1-c1ccccc1CC(C)COC(C)=O. The molecule has 0 spiro atoms. The zero-order valence-corrected chi connectivity index (χ0v) is 19.7.